The van der Waals surface area contributed by atoms with E-state index >= 15 is 0 Å². The van der Waals surface area contributed by atoms with E-state index in [1.165, 1.54) is 12.1 Å². The smallest absolute Gasteiger partial charge is 0.258 e. The van der Waals surface area contributed by atoms with Crippen LogP contribution < -0.4 is 5.32 Å². The zero-order valence-electron chi connectivity index (χ0n) is 12.1. The first-order chi connectivity index (χ1) is 11.1. The number of carbonyl (C=O) groups excluding carboxylic acids is 1. The number of amides is 1. The highest BCUT2D eigenvalue weighted by atomic mass is 79.9. The first-order valence-electron chi connectivity index (χ1n) is 7.06. The number of para-hydroxylation sites is 1. The Balaban J connectivity index is 1.93. The normalized spacial score (nSPS) is 10.3. The standard InChI is InChI=1S/C19H13BrFNO/c20-14-10-11-16(17(21)12-14)19(23)22-18-9-5-4-8-15(18)13-6-2-1-3-7-13/h1-12H,(H,22,23). The minimum Gasteiger partial charge on any atom is -0.321 e. The topological polar surface area (TPSA) is 29.1 Å². The van der Waals surface area contributed by atoms with Gasteiger partial charge in [-0.3, -0.25) is 4.79 Å². The van der Waals surface area contributed by atoms with Crippen molar-refractivity contribution in [3.05, 3.63) is 88.6 Å². The monoisotopic (exact) mass is 369 g/mol. The predicted molar refractivity (Wildman–Crippen MR) is 93.9 cm³/mol. The number of carbonyl (C=O) groups is 1. The molecule has 1 amide bonds. The molecule has 0 aliphatic heterocycles. The first kappa shape index (κ1) is 15.4. The van der Waals surface area contributed by atoms with Crippen molar-refractivity contribution in [1.82, 2.24) is 0 Å². The van der Waals surface area contributed by atoms with Gasteiger partial charge in [0, 0.05) is 15.7 Å². The van der Waals surface area contributed by atoms with Gasteiger partial charge in [-0.1, -0.05) is 64.5 Å². The molecule has 0 fully saturated rings. The van der Waals surface area contributed by atoms with Crippen molar-refractivity contribution in [2.24, 2.45) is 0 Å². The molecule has 1 N–H and O–H groups in total. The Bertz CT molecular complexity index is 849. The molecule has 4 heteroatoms. The lowest BCUT2D eigenvalue weighted by atomic mass is 10.0. The van der Waals surface area contributed by atoms with Gasteiger partial charge >= 0.3 is 0 Å². The second-order valence-corrected chi connectivity index (χ2v) is 5.91. The van der Waals surface area contributed by atoms with Crippen LogP contribution in [0.4, 0.5) is 10.1 Å². The van der Waals surface area contributed by atoms with Crippen molar-refractivity contribution in [2.75, 3.05) is 5.32 Å². The van der Waals surface area contributed by atoms with Gasteiger partial charge in [0.1, 0.15) is 5.82 Å². The average Bonchev–Trinajstić information content (AvgIpc) is 2.56. The Labute approximate surface area is 142 Å². The molecular weight excluding hydrogens is 357 g/mol. The predicted octanol–water partition coefficient (Wildman–Crippen LogP) is 5.51. The fourth-order valence-electron chi connectivity index (χ4n) is 2.32. The van der Waals surface area contributed by atoms with E-state index in [9.17, 15) is 9.18 Å². The summed E-state index contributed by atoms with van der Waals surface area (Å²) in [5.74, 6) is -1.03. The fourth-order valence-corrected chi connectivity index (χ4v) is 2.66. The number of halogens is 2. The second-order valence-electron chi connectivity index (χ2n) is 4.99. The Morgan fingerprint density at radius 1 is 0.913 bits per heavy atom. The van der Waals surface area contributed by atoms with Gasteiger partial charge in [0.2, 0.25) is 0 Å². The van der Waals surface area contributed by atoms with Crippen molar-refractivity contribution in [2.45, 2.75) is 0 Å². The third kappa shape index (κ3) is 3.48. The van der Waals surface area contributed by atoms with Crippen molar-refractivity contribution < 1.29 is 9.18 Å². The molecule has 0 aromatic heterocycles. The Morgan fingerprint density at radius 3 is 2.35 bits per heavy atom. The highest BCUT2D eigenvalue weighted by molar-refractivity contribution is 9.10. The van der Waals surface area contributed by atoms with Gasteiger partial charge in [-0.25, -0.2) is 4.39 Å². The first-order valence-corrected chi connectivity index (χ1v) is 7.85. The van der Waals surface area contributed by atoms with Gasteiger partial charge in [0.15, 0.2) is 0 Å². The van der Waals surface area contributed by atoms with Crippen LogP contribution in [0, 0.1) is 5.82 Å². The van der Waals surface area contributed by atoms with Gasteiger partial charge < -0.3 is 5.32 Å². The lowest BCUT2D eigenvalue weighted by Gasteiger charge is -2.12. The average molecular weight is 370 g/mol. The molecule has 3 aromatic rings. The van der Waals surface area contributed by atoms with E-state index in [0.29, 0.717) is 10.2 Å². The maximum atomic E-state index is 13.9. The molecule has 0 radical (unpaired) electrons. The Kier molecular flexibility index (Phi) is 4.53. The molecule has 23 heavy (non-hydrogen) atoms. The van der Waals surface area contributed by atoms with Crippen molar-refractivity contribution in [1.29, 1.82) is 0 Å². The zero-order valence-corrected chi connectivity index (χ0v) is 13.7. The van der Waals surface area contributed by atoms with Gasteiger partial charge in [0.05, 0.1) is 5.56 Å². The van der Waals surface area contributed by atoms with Crippen molar-refractivity contribution in [3.63, 3.8) is 0 Å². The molecule has 3 rings (SSSR count). The van der Waals surface area contributed by atoms with Crippen LogP contribution in [0.15, 0.2) is 77.3 Å². The molecule has 0 atom stereocenters. The maximum absolute atomic E-state index is 13.9. The molecule has 0 saturated carbocycles. The summed E-state index contributed by atoms with van der Waals surface area (Å²) in [5, 5.41) is 2.79. The number of nitrogens with one attached hydrogen (secondary N) is 1. The van der Waals surface area contributed by atoms with Crippen LogP contribution in [-0.4, -0.2) is 5.91 Å². The largest absolute Gasteiger partial charge is 0.321 e. The molecular formula is C19H13BrFNO. The highest BCUT2D eigenvalue weighted by Crippen LogP contribution is 2.28. The molecule has 0 bridgehead atoms. The second kappa shape index (κ2) is 6.75. The molecule has 3 aromatic carbocycles. The number of hydrogen-bond acceptors (Lipinski definition) is 1. The molecule has 0 aliphatic rings. The SMILES string of the molecule is O=C(Nc1ccccc1-c1ccccc1)c1ccc(Br)cc1F. The summed E-state index contributed by atoms with van der Waals surface area (Å²) in [6.45, 7) is 0. The summed E-state index contributed by atoms with van der Waals surface area (Å²) in [5.41, 5.74) is 2.53. The highest BCUT2D eigenvalue weighted by Gasteiger charge is 2.14. The van der Waals surface area contributed by atoms with E-state index in [1.807, 2.05) is 48.5 Å². The van der Waals surface area contributed by atoms with Gasteiger partial charge in [0.25, 0.3) is 5.91 Å². The van der Waals surface area contributed by atoms with E-state index in [-0.39, 0.29) is 5.56 Å². The number of benzene rings is 3. The molecule has 114 valence electrons. The van der Waals surface area contributed by atoms with Crippen molar-refractivity contribution in [3.8, 4) is 11.1 Å². The third-order valence-electron chi connectivity index (χ3n) is 3.44. The van der Waals surface area contributed by atoms with Crippen LogP contribution >= 0.6 is 15.9 Å². The number of hydrogen-bond donors (Lipinski definition) is 1. The molecule has 0 spiro atoms. The minimum atomic E-state index is -0.561. The quantitative estimate of drug-likeness (QED) is 0.647. The van der Waals surface area contributed by atoms with Crippen LogP contribution in [0.1, 0.15) is 10.4 Å². The summed E-state index contributed by atoms with van der Waals surface area (Å²) in [4.78, 5) is 12.4. The van der Waals surface area contributed by atoms with E-state index in [1.54, 1.807) is 12.1 Å². The zero-order chi connectivity index (χ0) is 16.2. The Hall–Kier alpha value is -2.46. The van der Waals surface area contributed by atoms with E-state index < -0.39 is 11.7 Å². The molecule has 0 saturated heterocycles. The summed E-state index contributed by atoms with van der Waals surface area (Å²) in [6, 6.07) is 21.6. The molecule has 0 heterocycles. The molecule has 2 nitrogen and oxygen atoms in total. The van der Waals surface area contributed by atoms with Gasteiger partial charge in [-0.15, -0.1) is 0 Å². The fraction of sp³-hybridized carbons (Fsp3) is 0. The van der Waals surface area contributed by atoms with Crippen LogP contribution in [0.3, 0.4) is 0 Å². The summed E-state index contributed by atoms with van der Waals surface area (Å²) >= 11 is 3.18. The van der Waals surface area contributed by atoms with Crippen LogP contribution in [0.5, 0.6) is 0 Å². The van der Waals surface area contributed by atoms with Gasteiger partial charge in [-0.2, -0.15) is 0 Å². The van der Waals surface area contributed by atoms with E-state index in [2.05, 4.69) is 21.2 Å². The van der Waals surface area contributed by atoms with Crippen LogP contribution in [0.2, 0.25) is 0 Å². The summed E-state index contributed by atoms with van der Waals surface area (Å²) in [6.07, 6.45) is 0. The van der Waals surface area contributed by atoms with Crippen molar-refractivity contribution >= 4 is 27.5 Å². The van der Waals surface area contributed by atoms with E-state index in [4.69, 9.17) is 0 Å². The summed E-state index contributed by atoms with van der Waals surface area (Å²) < 4.78 is 14.5. The number of anilines is 1. The summed E-state index contributed by atoms with van der Waals surface area (Å²) in [7, 11) is 0. The van der Waals surface area contributed by atoms with E-state index in [0.717, 1.165) is 11.1 Å². The molecule has 0 unspecified atom stereocenters. The van der Waals surface area contributed by atoms with Crippen LogP contribution in [-0.2, 0) is 0 Å². The minimum absolute atomic E-state index is 0.0102. The lowest BCUT2D eigenvalue weighted by molar-refractivity contribution is 0.102. The number of rotatable bonds is 3. The van der Waals surface area contributed by atoms with Gasteiger partial charge in [-0.05, 0) is 29.8 Å². The van der Waals surface area contributed by atoms with Crippen LogP contribution in [0.25, 0.3) is 11.1 Å². The Morgan fingerprint density at radius 2 is 1.61 bits per heavy atom. The maximum Gasteiger partial charge on any atom is 0.258 e. The lowest BCUT2D eigenvalue weighted by Crippen LogP contribution is -2.14. The molecule has 0 aliphatic carbocycles. The third-order valence-corrected chi connectivity index (χ3v) is 3.93.